The van der Waals surface area contributed by atoms with Crippen molar-refractivity contribution in [3.63, 3.8) is 0 Å². The number of likely N-dealkylation sites (tertiary alicyclic amines) is 1. The third-order valence-corrected chi connectivity index (χ3v) is 7.89. The Morgan fingerprint density at radius 1 is 0.906 bits per heavy atom. The number of anilines is 1. The molecule has 4 atom stereocenters. The molecular weight excluding hydrogens is 400 g/mol. The maximum atomic E-state index is 7.10. The van der Waals surface area contributed by atoms with Crippen LogP contribution in [-0.4, -0.2) is 55.1 Å². The van der Waals surface area contributed by atoms with Crippen LogP contribution in [0.2, 0.25) is 0 Å². The monoisotopic (exact) mass is 436 g/mol. The predicted molar refractivity (Wildman–Crippen MR) is 128 cm³/mol. The summed E-state index contributed by atoms with van der Waals surface area (Å²) < 4.78 is 20.0. The molecule has 2 aromatic rings. The predicted octanol–water partition coefficient (Wildman–Crippen LogP) is 5.35. The lowest BCUT2D eigenvalue weighted by Crippen LogP contribution is -2.66. The van der Waals surface area contributed by atoms with E-state index >= 15 is 0 Å². The first-order chi connectivity index (χ1) is 15.6. The molecule has 6 rings (SSSR count). The van der Waals surface area contributed by atoms with Crippen molar-refractivity contribution in [2.24, 2.45) is 0 Å². The third-order valence-electron chi connectivity index (χ3n) is 7.89. The smallest absolute Gasteiger partial charge is 0.200 e. The number of rotatable bonds is 2. The first-order valence-corrected chi connectivity index (χ1v) is 12.7. The van der Waals surface area contributed by atoms with Crippen LogP contribution in [0.1, 0.15) is 58.8 Å². The normalized spacial score (nSPS) is 33.2. The number of hydrogen-bond acceptors (Lipinski definition) is 5. The SMILES string of the molecule is CC1CN(c2cc3c(c4ccccc24)OC2CCCCC2(N2CCCCC2)O3)CC(C)O1. The zero-order valence-corrected chi connectivity index (χ0v) is 19.5. The van der Waals surface area contributed by atoms with E-state index in [1.807, 2.05) is 0 Å². The summed E-state index contributed by atoms with van der Waals surface area (Å²) in [6, 6.07) is 10.9. The van der Waals surface area contributed by atoms with E-state index in [-0.39, 0.29) is 24.0 Å². The minimum absolute atomic E-state index is 0.111. The highest BCUT2D eigenvalue weighted by atomic mass is 16.6. The maximum Gasteiger partial charge on any atom is 0.200 e. The molecule has 4 aliphatic rings. The summed E-state index contributed by atoms with van der Waals surface area (Å²) >= 11 is 0. The average molecular weight is 437 g/mol. The molecule has 172 valence electrons. The Labute approximate surface area is 191 Å². The van der Waals surface area contributed by atoms with Gasteiger partial charge in [-0.25, -0.2) is 0 Å². The Hall–Kier alpha value is -1.98. The Balaban J connectivity index is 1.46. The van der Waals surface area contributed by atoms with Crippen LogP contribution < -0.4 is 14.4 Å². The first-order valence-electron chi connectivity index (χ1n) is 12.7. The second kappa shape index (κ2) is 8.11. The molecule has 5 heteroatoms. The van der Waals surface area contributed by atoms with Crippen LogP contribution in [0.25, 0.3) is 10.8 Å². The van der Waals surface area contributed by atoms with E-state index in [0.29, 0.717) is 0 Å². The molecule has 0 N–H and O–H groups in total. The van der Waals surface area contributed by atoms with Crippen molar-refractivity contribution < 1.29 is 14.2 Å². The number of benzene rings is 2. The molecule has 0 amide bonds. The fraction of sp³-hybridized carbons (Fsp3) is 0.630. The Morgan fingerprint density at radius 2 is 1.66 bits per heavy atom. The van der Waals surface area contributed by atoms with E-state index in [0.717, 1.165) is 50.5 Å². The van der Waals surface area contributed by atoms with Crippen molar-refractivity contribution in [1.82, 2.24) is 4.90 Å². The van der Waals surface area contributed by atoms with Gasteiger partial charge in [-0.2, -0.15) is 0 Å². The van der Waals surface area contributed by atoms with Gasteiger partial charge in [-0.3, -0.25) is 4.90 Å². The Bertz CT molecular complexity index is 978. The van der Waals surface area contributed by atoms with Crippen molar-refractivity contribution in [3.05, 3.63) is 30.3 Å². The number of ether oxygens (including phenoxy) is 3. The molecule has 32 heavy (non-hydrogen) atoms. The number of piperidine rings is 1. The lowest BCUT2D eigenvalue weighted by atomic mass is 9.85. The van der Waals surface area contributed by atoms with Crippen molar-refractivity contribution in [1.29, 1.82) is 0 Å². The number of hydrogen-bond donors (Lipinski definition) is 0. The summed E-state index contributed by atoms with van der Waals surface area (Å²) in [5.74, 6) is 1.87. The molecule has 1 aliphatic carbocycles. The van der Waals surface area contributed by atoms with Crippen LogP contribution in [0.3, 0.4) is 0 Å². The summed E-state index contributed by atoms with van der Waals surface area (Å²) in [7, 11) is 0. The molecular formula is C27H36N2O3. The molecule has 4 unspecified atom stereocenters. The van der Waals surface area contributed by atoms with E-state index in [2.05, 4.69) is 54.0 Å². The highest BCUT2D eigenvalue weighted by Gasteiger charge is 2.52. The number of fused-ring (bicyclic) bond motifs is 4. The molecule has 2 aromatic carbocycles. The van der Waals surface area contributed by atoms with Gasteiger partial charge in [-0.15, -0.1) is 0 Å². The molecule has 0 radical (unpaired) electrons. The van der Waals surface area contributed by atoms with E-state index in [9.17, 15) is 0 Å². The van der Waals surface area contributed by atoms with E-state index in [1.165, 1.54) is 48.6 Å². The van der Waals surface area contributed by atoms with Gasteiger partial charge in [0.2, 0.25) is 5.72 Å². The lowest BCUT2D eigenvalue weighted by Gasteiger charge is -2.53. The Morgan fingerprint density at radius 3 is 2.44 bits per heavy atom. The maximum absolute atomic E-state index is 7.10. The van der Waals surface area contributed by atoms with Crippen LogP contribution in [0.4, 0.5) is 5.69 Å². The van der Waals surface area contributed by atoms with Gasteiger partial charge in [-0.05, 0) is 46.0 Å². The van der Waals surface area contributed by atoms with E-state index in [4.69, 9.17) is 14.2 Å². The fourth-order valence-corrected chi connectivity index (χ4v) is 6.53. The fourth-order valence-electron chi connectivity index (χ4n) is 6.53. The highest BCUT2D eigenvalue weighted by molar-refractivity contribution is 6.00. The van der Waals surface area contributed by atoms with Gasteiger partial charge in [0.1, 0.15) is 0 Å². The molecule has 5 nitrogen and oxygen atoms in total. The van der Waals surface area contributed by atoms with Gasteiger partial charge in [0.25, 0.3) is 0 Å². The van der Waals surface area contributed by atoms with Gasteiger partial charge in [0, 0.05) is 55.1 Å². The van der Waals surface area contributed by atoms with Crippen LogP contribution in [0.15, 0.2) is 30.3 Å². The molecule has 1 saturated carbocycles. The van der Waals surface area contributed by atoms with Crippen molar-refractivity contribution in [3.8, 4) is 11.5 Å². The third kappa shape index (κ3) is 3.36. The minimum Gasteiger partial charge on any atom is -0.480 e. The average Bonchev–Trinajstić information content (AvgIpc) is 2.82. The first kappa shape index (κ1) is 20.6. The van der Waals surface area contributed by atoms with Crippen LogP contribution in [-0.2, 0) is 4.74 Å². The topological polar surface area (TPSA) is 34.2 Å². The number of morpholine rings is 1. The molecule has 3 aliphatic heterocycles. The Kier molecular flexibility index (Phi) is 5.22. The second-order valence-corrected chi connectivity index (χ2v) is 10.3. The summed E-state index contributed by atoms with van der Waals surface area (Å²) in [4.78, 5) is 5.09. The number of nitrogens with zero attached hydrogens (tertiary/aromatic N) is 2. The molecule has 0 spiro atoms. The van der Waals surface area contributed by atoms with Crippen molar-refractivity contribution in [2.45, 2.75) is 82.8 Å². The highest BCUT2D eigenvalue weighted by Crippen LogP contribution is 2.51. The van der Waals surface area contributed by atoms with Gasteiger partial charge in [0.15, 0.2) is 17.6 Å². The van der Waals surface area contributed by atoms with Crippen LogP contribution in [0, 0.1) is 0 Å². The molecule has 2 saturated heterocycles. The summed E-state index contributed by atoms with van der Waals surface area (Å²) in [6.07, 6.45) is 8.96. The zero-order chi connectivity index (χ0) is 21.7. The standard InChI is InChI=1S/C27H36N2O3/c1-19-17-28(18-20(2)30-19)23-16-24-26(22-11-5-4-10-21(22)23)31-25-12-6-7-13-27(25,32-24)29-14-8-3-9-15-29/h4-5,10-11,16,19-20,25H,3,6-9,12-15,17-18H2,1-2H3. The summed E-state index contributed by atoms with van der Waals surface area (Å²) in [5, 5.41) is 2.42. The molecule has 3 fully saturated rings. The van der Waals surface area contributed by atoms with Gasteiger partial charge in [-0.1, -0.05) is 30.7 Å². The van der Waals surface area contributed by atoms with Crippen LogP contribution >= 0.6 is 0 Å². The minimum atomic E-state index is -0.309. The zero-order valence-electron chi connectivity index (χ0n) is 19.5. The largest absolute Gasteiger partial charge is 0.480 e. The second-order valence-electron chi connectivity index (χ2n) is 10.3. The summed E-state index contributed by atoms with van der Waals surface area (Å²) in [5.41, 5.74) is 0.935. The van der Waals surface area contributed by atoms with Crippen molar-refractivity contribution >= 4 is 16.5 Å². The molecule has 3 heterocycles. The van der Waals surface area contributed by atoms with Crippen LogP contribution in [0.5, 0.6) is 11.5 Å². The van der Waals surface area contributed by atoms with E-state index < -0.39 is 0 Å². The van der Waals surface area contributed by atoms with Crippen molar-refractivity contribution in [2.75, 3.05) is 31.1 Å². The van der Waals surface area contributed by atoms with E-state index in [1.54, 1.807) is 0 Å². The molecule has 0 bridgehead atoms. The summed E-state index contributed by atoms with van der Waals surface area (Å²) in [6.45, 7) is 8.37. The lowest BCUT2D eigenvalue weighted by molar-refractivity contribution is -0.190. The quantitative estimate of drug-likeness (QED) is 0.634. The van der Waals surface area contributed by atoms with Gasteiger partial charge >= 0.3 is 0 Å². The molecule has 0 aromatic heterocycles. The van der Waals surface area contributed by atoms with Gasteiger partial charge < -0.3 is 19.1 Å². The van der Waals surface area contributed by atoms with Gasteiger partial charge in [0.05, 0.1) is 12.2 Å².